The number of phenols is 2. The standard InChI is InChI=1S/C24H15NO8/c26-12-4-6-14-18(10-12)32-19-11-13(27)5-7-15(19)24(14)16-2-1-3-17(22(16)23(30)33-24)25(31)20(28)8-9-21(25)29/h1-7,10-11,31H,8-9H2,(H-,26,27)/p+1. The van der Waals surface area contributed by atoms with Crippen molar-refractivity contribution < 1.29 is 39.3 Å². The molecule has 9 heteroatoms. The molecule has 0 saturated carbocycles. The maximum atomic E-state index is 13.3. The number of esters is 1. The number of amides is 2. The highest BCUT2D eigenvalue weighted by molar-refractivity contribution is 6.15. The Kier molecular flexibility index (Phi) is 3.65. The lowest BCUT2D eigenvalue weighted by atomic mass is 9.77. The van der Waals surface area contributed by atoms with Crippen molar-refractivity contribution in [3.8, 4) is 23.0 Å². The van der Waals surface area contributed by atoms with Gasteiger partial charge in [0.2, 0.25) is 0 Å². The Morgan fingerprint density at radius 2 is 1.36 bits per heavy atom. The Morgan fingerprint density at radius 3 is 1.94 bits per heavy atom. The molecule has 3 heterocycles. The SMILES string of the molecule is O=C1OC2(c3ccc(O)cc3Oc3cc(O)ccc32)c2cccc([N+]3(O)C(=O)CCC3=O)c21. The molecule has 33 heavy (non-hydrogen) atoms. The quantitative estimate of drug-likeness (QED) is 0.225. The topological polar surface area (TPSA) is 130 Å². The molecule has 3 aromatic carbocycles. The van der Waals surface area contributed by atoms with Crippen LogP contribution in [0.2, 0.25) is 0 Å². The average molecular weight is 446 g/mol. The summed E-state index contributed by atoms with van der Waals surface area (Å²) in [5.74, 6) is -2.08. The fourth-order valence-corrected chi connectivity index (χ4v) is 4.94. The van der Waals surface area contributed by atoms with Gasteiger partial charge in [-0.05, 0) is 28.9 Å². The van der Waals surface area contributed by atoms with Crippen LogP contribution in [0.15, 0.2) is 54.6 Å². The first-order chi connectivity index (χ1) is 15.8. The number of ether oxygens (including phenoxy) is 2. The molecule has 3 aliphatic heterocycles. The van der Waals surface area contributed by atoms with Crippen LogP contribution in [-0.4, -0.2) is 33.2 Å². The van der Waals surface area contributed by atoms with E-state index in [1.807, 2.05) is 0 Å². The number of hydrogen-bond acceptors (Lipinski definition) is 8. The van der Waals surface area contributed by atoms with Crippen molar-refractivity contribution in [2.24, 2.45) is 0 Å². The largest absolute Gasteiger partial charge is 0.508 e. The van der Waals surface area contributed by atoms with Crippen LogP contribution in [0.3, 0.4) is 0 Å². The minimum absolute atomic E-state index is 0.0843. The highest BCUT2D eigenvalue weighted by Crippen LogP contribution is 2.58. The Balaban J connectivity index is 1.70. The van der Waals surface area contributed by atoms with E-state index in [-0.39, 0.29) is 47.1 Å². The molecule has 1 spiro atoms. The van der Waals surface area contributed by atoms with Crippen LogP contribution in [-0.2, 0) is 19.9 Å². The molecule has 164 valence electrons. The molecule has 9 nitrogen and oxygen atoms in total. The number of quaternary nitrogens is 1. The molecule has 0 aliphatic carbocycles. The summed E-state index contributed by atoms with van der Waals surface area (Å²) in [7, 11) is 0. The first-order valence-electron chi connectivity index (χ1n) is 10.2. The van der Waals surface area contributed by atoms with E-state index in [0.29, 0.717) is 16.7 Å². The summed E-state index contributed by atoms with van der Waals surface area (Å²) in [6.07, 6.45) is -0.283. The van der Waals surface area contributed by atoms with Crippen molar-refractivity contribution in [1.82, 2.24) is 4.65 Å². The van der Waals surface area contributed by atoms with Crippen molar-refractivity contribution in [3.05, 3.63) is 76.9 Å². The Hall–Kier alpha value is -4.21. The van der Waals surface area contributed by atoms with Gasteiger partial charge in [0.1, 0.15) is 28.6 Å². The number of nitrogens with zero attached hydrogens (tertiary/aromatic N) is 1. The summed E-state index contributed by atoms with van der Waals surface area (Å²) in [6.45, 7) is 0. The molecule has 0 aromatic heterocycles. The summed E-state index contributed by atoms with van der Waals surface area (Å²) >= 11 is 0. The summed E-state index contributed by atoms with van der Waals surface area (Å²) in [6, 6.07) is 13.1. The van der Waals surface area contributed by atoms with Crippen LogP contribution in [0, 0.1) is 0 Å². The summed E-state index contributed by atoms with van der Waals surface area (Å²) in [4.78, 5) is 38.4. The van der Waals surface area contributed by atoms with Crippen LogP contribution in [0.5, 0.6) is 23.0 Å². The Labute approximate surface area is 186 Å². The molecule has 0 unspecified atom stereocenters. The van der Waals surface area contributed by atoms with E-state index in [1.165, 1.54) is 36.4 Å². The van der Waals surface area contributed by atoms with Gasteiger partial charge in [0.05, 0.1) is 12.8 Å². The third-order valence-corrected chi connectivity index (χ3v) is 6.40. The van der Waals surface area contributed by atoms with Crippen molar-refractivity contribution in [1.29, 1.82) is 0 Å². The average Bonchev–Trinajstić information content (AvgIpc) is 3.23. The first-order valence-corrected chi connectivity index (χ1v) is 10.2. The second kappa shape index (κ2) is 6.18. The molecule has 3 aliphatic rings. The number of carbonyl (C=O) groups excluding carboxylic acids is 3. The predicted octanol–water partition coefficient (Wildman–Crippen LogP) is 3.21. The number of hydrogen-bond donors (Lipinski definition) is 3. The lowest BCUT2D eigenvalue weighted by Crippen LogP contribution is -2.51. The van der Waals surface area contributed by atoms with E-state index in [0.717, 1.165) is 0 Å². The van der Waals surface area contributed by atoms with Crippen molar-refractivity contribution in [3.63, 3.8) is 0 Å². The maximum Gasteiger partial charge on any atom is 0.359 e. The van der Waals surface area contributed by atoms with E-state index < -0.39 is 28.0 Å². The summed E-state index contributed by atoms with van der Waals surface area (Å²) in [5, 5.41) is 31.1. The van der Waals surface area contributed by atoms with Crippen molar-refractivity contribution >= 4 is 23.5 Å². The predicted molar refractivity (Wildman–Crippen MR) is 111 cm³/mol. The number of benzene rings is 3. The molecule has 3 aromatic rings. The van der Waals surface area contributed by atoms with Crippen LogP contribution >= 0.6 is 0 Å². The van der Waals surface area contributed by atoms with E-state index in [9.17, 15) is 29.8 Å². The normalized spacial score (nSPS) is 19.0. The fraction of sp³-hybridized carbons (Fsp3) is 0.125. The summed E-state index contributed by atoms with van der Waals surface area (Å²) in [5.41, 5.74) is -0.737. The number of fused-ring (bicyclic) bond motifs is 6. The van der Waals surface area contributed by atoms with Crippen molar-refractivity contribution in [2.45, 2.75) is 18.4 Å². The Morgan fingerprint density at radius 1 is 0.788 bits per heavy atom. The maximum absolute atomic E-state index is 13.3. The lowest BCUT2D eigenvalue weighted by molar-refractivity contribution is -0.168. The summed E-state index contributed by atoms with van der Waals surface area (Å²) < 4.78 is 10.3. The number of carbonyl (C=O) groups is 3. The van der Waals surface area contributed by atoms with Crippen molar-refractivity contribution in [2.75, 3.05) is 0 Å². The van der Waals surface area contributed by atoms with Gasteiger partial charge in [-0.25, -0.2) is 14.4 Å². The zero-order valence-electron chi connectivity index (χ0n) is 16.9. The van der Waals surface area contributed by atoms with Gasteiger partial charge in [-0.15, -0.1) is 0 Å². The van der Waals surface area contributed by atoms with E-state index in [4.69, 9.17) is 9.47 Å². The molecule has 0 atom stereocenters. The highest BCUT2D eigenvalue weighted by atomic mass is 16.6. The monoisotopic (exact) mass is 446 g/mol. The van der Waals surface area contributed by atoms with Gasteiger partial charge in [0.15, 0.2) is 11.3 Å². The number of rotatable bonds is 1. The Bertz CT molecular complexity index is 1360. The van der Waals surface area contributed by atoms with Gasteiger partial charge in [-0.1, -0.05) is 12.1 Å². The van der Waals surface area contributed by atoms with Crippen LogP contribution in [0.4, 0.5) is 5.69 Å². The first kappa shape index (κ1) is 19.5. The van der Waals surface area contributed by atoms with Gasteiger partial charge in [-0.2, -0.15) is 5.21 Å². The van der Waals surface area contributed by atoms with Gasteiger partial charge in [0.25, 0.3) is 0 Å². The number of aromatic hydroxyl groups is 2. The number of phenolic OH excluding ortho intramolecular Hbond substituents is 2. The lowest BCUT2D eigenvalue weighted by Gasteiger charge is -2.36. The van der Waals surface area contributed by atoms with Gasteiger partial charge in [0, 0.05) is 34.9 Å². The van der Waals surface area contributed by atoms with E-state index >= 15 is 0 Å². The minimum Gasteiger partial charge on any atom is -0.508 e. The molecular formula is C24H16NO8+. The second-order valence-corrected chi connectivity index (χ2v) is 8.16. The third kappa shape index (κ3) is 2.29. The van der Waals surface area contributed by atoms with Crippen LogP contribution in [0.25, 0.3) is 0 Å². The molecule has 1 saturated heterocycles. The molecule has 1 fully saturated rings. The fourth-order valence-electron chi connectivity index (χ4n) is 4.94. The van der Waals surface area contributed by atoms with Gasteiger partial charge in [-0.3, -0.25) is 0 Å². The molecule has 0 bridgehead atoms. The van der Waals surface area contributed by atoms with E-state index in [2.05, 4.69) is 0 Å². The van der Waals surface area contributed by atoms with Crippen LogP contribution in [0.1, 0.15) is 39.9 Å². The molecule has 0 radical (unpaired) electrons. The zero-order valence-corrected chi connectivity index (χ0v) is 16.9. The van der Waals surface area contributed by atoms with E-state index in [1.54, 1.807) is 18.2 Å². The third-order valence-electron chi connectivity index (χ3n) is 6.40. The number of imide groups is 1. The minimum atomic E-state index is -1.60. The second-order valence-electron chi connectivity index (χ2n) is 8.16. The highest BCUT2D eigenvalue weighted by Gasteiger charge is 2.60. The van der Waals surface area contributed by atoms with Crippen LogP contribution < -0.4 is 9.38 Å². The van der Waals surface area contributed by atoms with Gasteiger partial charge >= 0.3 is 17.8 Å². The number of hydroxylamine groups is 2. The zero-order chi connectivity index (χ0) is 23.1. The molecule has 3 N–H and O–H groups in total. The molecule has 6 rings (SSSR count). The molecular weight excluding hydrogens is 430 g/mol. The molecule has 2 amide bonds. The smallest absolute Gasteiger partial charge is 0.359 e. The van der Waals surface area contributed by atoms with Gasteiger partial charge < -0.3 is 19.7 Å².